The molecule has 112 valence electrons. The molecule has 0 aliphatic rings. The Labute approximate surface area is 134 Å². The standard InChI is InChI=1S/C17H18N4S/c1-4-5-6-15-20-21-14(10-18)16(19-17(21)22-15)13-8-7-11(2)12(3)9-13/h7-9H,4-6H2,1-3H3. The van der Waals surface area contributed by atoms with Crippen LogP contribution in [0.3, 0.4) is 0 Å². The van der Waals surface area contributed by atoms with Crippen molar-refractivity contribution in [3.05, 3.63) is 40.0 Å². The minimum absolute atomic E-state index is 0.525. The molecule has 2 aromatic heterocycles. The number of imidazole rings is 1. The number of hydrogen-bond acceptors (Lipinski definition) is 4. The van der Waals surface area contributed by atoms with E-state index in [4.69, 9.17) is 0 Å². The van der Waals surface area contributed by atoms with Crippen LogP contribution in [-0.4, -0.2) is 14.6 Å². The van der Waals surface area contributed by atoms with Gasteiger partial charge in [-0.15, -0.1) is 0 Å². The molecule has 3 rings (SSSR count). The summed E-state index contributed by atoms with van der Waals surface area (Å²) in [6.45, 7) is 6.32. The largest absolute Gasteiger partial charge is 0.216 e. The number of rotatable bonds is 4. The van der Waals surface area contributed by atoms with Gasteiger partial charge in [-0.3, -0.25) is 0 Å². The average molecular weight is 310 g/mol. The minimum atomic E-state index is 0.525. The van der Waals surface area contributed by atoms with Gasteiger partial charge in [-0.25, -0.2) is 4.98 Å². The zero-order chi connectivity index (χ0) is 15.7. The molecule has 0 spiro atoms. The highest BCUT2D eigenvalue weighted by atomic mass is 32.1. The van der Waals surface area contributed by atoms with E-state index in [2.05, 4.69) is 49.1 Å². The summed E-state index contributed by atoms with van der Waals surface area (Å²) in [6.07, 6.45) is 3.21. The molecule has 0 saturated heterocycles. The lowest BCUT2D eigenvalue weighted by Crippen LogP contribution is -1.93. The van der Waals surface area contributed by atoms with E-state index in [1.54, 1.807) is 15.9 Å². The molecule has 0 radical (unpaired) electrons. The molecular formula is C17H18N4S. The molecule has 0 unspecified atom stereocenters. The zero-order valence-electron chi connectivity index (χ0n) is 13.1. The van der Waals surface area contributed by atoms with Crippen molar-refractivity contribution < 1.29 is 0 Å². The van der Waals surface area contributed by atoms with Gasteiger partial charge in [0.1, 0.15) is 16.8 Å². The van der Waals surface area contributed by atoms with Crippen molar-refractivity contribution in [2.24, 2.45) is 0 Å². The van der Waals surface area contributed by atoms with Gasteiger partial charge in [-0.1, -0.05) is 36.8 Å². The molecule has 0 saturated carbocycles. The molecule has 0 aliphatic carbocycles. The molecule has 1 aromatic carbocycles. The fourth-order valence-electron chi connectivity index (χ4n) is 2.41. The Hall–Kier alpha value is -2.19. The van der Waals surface area contributed by atoms with Gasteiger partial charge < -0.3 is 0 Å². The van der Waals surface area contributed by atoms with Crippen LogP contribution in [0.25, 0.3) is 16.2 Å². The number of hydrogen-bond donors (Lipinski definition) is 0. The fourth-order valence-corrected chi connectivity index (χ4v) is 3.34. The summed E-state index contributed by atoms with van der Waals surface area (Å²) in [5.41, 5.74) is 4.67. The molecule has 0 fully saturated rings. The number of benzene rings is 1. The van der Waals surface area contributed by atoms with E-state index in [1.165, 1.54) is 11.1 Å². The number of unbranched alkanes of at least 4 members (excludes halogenated alkanes) is 1. The van der Waals surface area contributed by atoms with Crippen LogP contribution in [0.2, 0.25) is 0 Å². The van der Waals surface area contributed by atoms with Crippen molar-refractivity contribution in [2.75, 3.05) is 0 Å². The van der Waals surface area contributed by atoms with Gasteiger partial charge in [-0.05, 0) is 37.5 Å². The number of nitrogens with zero attached hydrogens (tertiary/aromatic N) is 4. The predicted octanol–water partition coefficient (Wildman–Crippen LogP) is 4.29. The molecule has 0 bridgehead atoms. The summed E-state index contributed by atoms with van der Waals surface area (Å²) in [6, 6.07) is 8.44. The molecule has 2 heterocycles. The van der Waals surface area contributed by atoms with Crippen LogP contribution >= 0.6 is 11.3 Å². The van der Waals surface area contributed by atoms with Gasteiger partial charge >= 0.3 is 0 Å². The molecule has 0 amide bonds. The Balaban J connectivity index is 2.08. The SMILES string of the molecule is CCCCc1nn2c(C#N)c(-c3ccc(C)c(C)c3)nc2s1. The van der Waals surface area contributed by atoms with Gasteiger partial charge in [0.25, 0.3) is 0 Å². The fraction of sp³-hybridized carbons (Fsp3) is 0.353. The first kappa shape index (κ1) is 14.7. The topological polar surface area (TPSA) is 54.0 Å². The summed E-state index contributed by atoms with van der Waals surface area (Å²) in [5.74, 6) is 0. The first-order chi connectivity index (χ1) is 10.6. The van der Waals surface area contributed by atoms with E-state index in [9.17, 15) is 5.26 Å². The van der Waals surface area contributed by atoms with Crippen LogP contribution in [0.4, 0.5) is 0 Å². The monoisotopic (exact) mass is 310 g/mol. The van der Waals surface area contributed by atoms with Crippen molar-refractivity contribution in [1.82, 2.24) is 14.6 Å². The smallest absolute Gasteiger partial charge is 0.214 e. The minimum Gasteiger partial charge on any atom is -0.216 e. The van der Waals surface area contributed by atoms with Crippen LogP contribution in [0.1, 0.15) is 41.6 Å². The van der Waals surface area contributed by atoms with Crippen molar-refractivity contribution in [1.29, 1.82) is 5.26 Å². The Kier molecular flexibility index (Phi) is 3.95. The van der Waals surface area contributed by atoms with Crippen molar-refractivity contribution >= 4 is 16.3 Å². The van der Waals surface area contributed by atoms with Crippen molar-refractivity contribution in [3.63, 3.8) is 0 Å². The van der Waals surface area contributed by atoms with Crippen LogP contribution < -0.4 is 0 Å². The lowest BCUT2D eigenvalue weighted by molar-refractivity contribution is 0.769. The zero-order valence-corrected chi connectivity index (χ0v) is 13.9. The molecular weight excluding hydrogens is 292 g/mol. The van der Waals surface area contributed by atoms with Crippen LogP contribution in [0.5, 0.6) is 0 Å². The summed E-state index contributed by atoms with van der Waals surface area (Å²) < 4.78 is 1.69. The lowest BCUT2D eigenvalue weighted by atomic mass is 10.0. The molecule has 3 aromatic rings. The highest BCUT2D eigenvalue weighted by Crippen LogP contribution is 2.28. The lowest BCUT2D eigenvalue weighted by Gasteiger charge is -2.03. The first-order valence-electron chi connectivity index (χ1n) is 7.50. The van der Waals surface area contributed by atoms with Crippen LogP contribution in [-0.2, 0) is 6.42 Å². The highest BCUT2D eigenvalue weighted by molar-refractivity contribution is 7.16. The van der Waals surface area contributed by atoms with Gasteiger partial charge in [0.05, 0.1) is 0 Å². The second-order valence-corrected chi connectivity index (χ2v) is 6.55. The molecule has 0 atom stereocenters. The van der Waals surface area contributed by atoms with Gasteiger partial charge in [-0.2, -0.15) is 14.9 Å². The molecule has 22 heavy (non-hydrogen) atoms. The summed E-state index contributed by atoms with van der Waals surface area (Å²) in [4.78, 5) is 5.45. The molecule has 5 heteroatoms. The van der Waals surface area contributed by atoms with E-state index in [-0.39, 0.29) is 0 Å². The van der Waals surface area contributed by atoms with Crippen LogP contribution in [0.15, 0.2) is 18.2 Å². The second-order valence-electron chi connectivity index (χ2n) is 5.51. The van der Waals surface area contributed by atoms with Gasteiger partial charge in [0.15, 0.2) is 5.69 Å². The van der Waals surface area contributed by atoms with E-state index < -0.39 is 0 Å². The number of aromatic nitrogens is 3. The normalized spacial score (nSPS) is 11.0. The van der Waals surface area contributed by atoms with Gasteiger partial charge in [0, 0.05) is 12.0 Å². The summed E-state index contributed by atoms with van der Waals surface area (Å²) in [7, 11) is 0. The van der Waals surface area contributed by atoms with E-state index in [0.717, 1.165) is 40.5 Å². The van der Waals surface area contributed by atoms with E-state index in [0.29, 0.717) is 5.69 Å². The first-order valence-corrected chi connectivity index (χ1v) is 8.32. The third kappa shape index (κ3) is 2.51. The number of nitriles is 1. The Morgan fingerprint density at radius 2 is 2.09 bits per heavy atom. The quantitative estimate of drug-likeness (QED) is 0.722. The Morgan fingerprint density at radius 3 is 2.77 bits per heavy atom. The Morgan fingerprint density at radius 1 is 1.27 bits per heavy atom. The second kappa shape index (κ2) is 5.90. The van der Waals surface area contributed by atoms with E-state index >= 15 is 0 Å². The highest BCUT2D eigenvalue weighted by Gasteiger charge is 2.18. The van der Waals surface area contributed by atoms with Crippen molar-refractivity contribution in [2.45, 2.75) is 40.0 Å². The number of aryl methyl sites for hydroxylation is 3. The predicted molar refractivity (Wildman–Crippen MR) is 89.1 cm³/mol. The molecule has 0 aliphatic heterocycles. The van der Waals surface area contributed by atoms with Crippen molar-refractivity contribution in [3.8, 4) is 17.3 Å². The summed E-state index contributed by atoms with van der Waals surface area (Å²) in [5, 5.41) is 15.1. The third-order valence-electron chi connectivity index (χ3n) is 3.88. The summed E-state index contributed by atoms with van der Waals surface area (Å²) >= 11 is 1.58. The molecule has 4 nitrogen and oxygen atoms in total. The maximum Gasteiger partial charge on any atom is 0.214 e. The maximum atomic E-state index is 9.53. The average Bonchev–Trinajstić information content (AvgIpc) is 3.04. The molecule has 0 N–H and O–H groups in total. The number of fused-ring (bicyclic) bond motifs is 1. The Bertz CT molecular complexity index is 867. The van der Waals surface area contributed by atoms with E-state index in [1.807, 2.05) is 6.07 Å². The van der Waals surface area contributed by atoms with Crippen LogP contribution in [0, 0.1) is 25.2 Å². The maximum absolute atomic E-state index is 9.53. The third-order valence-corrected chi connectivity index (χ3v) is 4.84. The van der Waals surface area contributed by atoms with Gasteiger partial charge in [0.2, 0.25) is 4.96 Å².